The Morgan fingerprint density at radius 2 is 2.12 bits per heavy atom. The summed E-state index contributed by atoms with van der Waals surface area (Å²) < 4.78 is 1.70. The van der Waals surface area contributed by atoms with Gasteiger partial charge in [-0.3, -0.25) is 4.68 Å². The van der Waals surface area contributed by atoms with E-state index in [-0.39, 0.29) is 0 Å². The van der Waals surface area contributed by atoms with E-state index >= 15 is 0 Å². The molecule has 0 spiro atoms. The number of aryl methyl sites for hydroxylation is 2. The Kier molecular flexibility index (Phi) is 3.06. The fourth-order valence-electron chi connectivity index (χ4n) is 1.78. The molecule has 0 aliphatic carbocycles. The largest absolute Gasteiger partial charge is 0.388 e. The minimum absolute atomic E-state index is 0.477. The zero-order valence-corrected chi connectivity index (χ0v) is 9.59. The molecule has 0 bridgehead atoms. The molecule has 1 atom stereocenters. The van der Waals surface area contributed by atoms with Crippen LogP contribution in [0.4, 0.5) is 0 Å². The third kappa shape index (κ3) is 2.31. The average molecular weight is 216 g/mol. The molecule has 84 valence electrons. The highest BCUT2D eigenvalue weighted by Crippen LogP contribution is 2.19. The zero-order chi connectivity index (χ0) is 11.5. The number of rotatable bonds is 3. The molecule has 3 nitrogen and oxygen atoms in total. The van der Waals surface area contributed by atoms with Crippen LogP contribution in [0.5, 0.6) is 0 Å². The average Bonchev–Trinajstić information content (AvgIpc) is 2.68. The summed E-state index contributed by atoms with van der Waals surface area (Å²) in [5.41, 5.74) is 3.26. The maximum Gasteiger partial charge on any atom is 0.0860 e. The van der Waals surface area contributed by atoms with E-state index in [1.54, 1.807) is 10.9 Å². The van der Waals surface area contributed by atoms with Crippen molar-refractivity contribution in [3.05, 3.63) is 53.3 Å². The van der Waals surface area contributed by atoms with Gasteiger partial charge in [-0.25, -0.2) is 0 Å². The van der Waals surface area contributed by atoms with Crippen molar-refractivity contribution in [2.24, 2.45) is 7.05 Å². The maximum atomic E-state index is 10.1. The highest BCUT2D eigenvalue weighted by atomic mass is 16.3. The van der Waals surface area contributed by atoms with Gasteiger partial charge in [0, 0.05) is 25.2 Å². The van der Waals surface area contributed by atoms with Crippen molar-refractivity contribution in [2.45, 2.75) is 19.4 Å². The number of aliphatic hydroxyl groups is 1. The van der Waals surface area contributed by atoms with Gasteiger partial charge in [0.1, 0.15) is 0 Å². The van der Waals surface area contributed by atoms with Gasteiger partial charge >= 0.3 is 0 Å². The van der Waals surface area contributed by atoms with Gasteiger partial charge in [0.2, 0.25) is 0 Å². The predicted molar refractivity (Wildman–Crippen MR) is 63.1 cm³/mol. The summed E-state index contributed by atoms with van der Waals surface area (Å²) in [7, 11) is 1.85. The molecule has 2 rings (SSSR count). The molecule has 0 aliphatic rings. The SMILES string of the molecule is Cc1ccccc1CC(O)c1cnn(C)c1. The fourth-order valence-corrected chi connectivity index (χ4v) is 1.78. The lowest BCUT2D eigenvalue weighted by molar-refractivity contribution is 0.178. The van der Waals surface area contributed by atoms with Crippen molar-refractivity contribution in [3.63, 3.8) is 0 Å². The summed E-state index contributed by atoms with van der Waals surface area (Å²) in [6.07, 6.45) is 3.72. The summed E-state index contributed by atoms with van der Waals surface area (Å²) in [6.45, 7) is 2.06. The van der Waals surface area contributed by atoms with E-state index in [4.69, 9.17) is 0 Å². The Labute approximate surface area is 95.3 Å². The Morgan fingerprint density at radius 1 is 1.38 bits per heavy atom. The topological polar surface area (TPSA) is 38.1 Å². The van der Waals surface area contributed by atoms with Crippen molar-refractivity contribution < 1.29 is 5.11 Å². The van der Waals surface area contributed by atoms with Gasteiger partial charge in [-0.05, 0) is 18.1 Å². The third-order valence-corrected chi connectivity index (χ3v) is 2.78. The third-order valence-electron chi connectivity index (χ3n) is 2.78. The summed E-state index contributed by atoms with van der Waals surface area (Å²) in [5, 5.41) is 14.1. The Morgan fingerprint density at radius 3 is 2.75 bits per heavy atom. The van der Waals surface area contributed by atoms with Gasteiger partial charge in [0.15, 0.2) is 0 Å². The molecule has 0 saturated carbocycles. The number of hydrogen-bond acceptors (Lipinski definition) is 2. The van der Waals surface area contributed by atoms with Gasteiger partial charge in [-0.2, -0.15) is 5.10 Å². The number of hydrogen-bond donors (Lipinski definition) is 1. The lowest BCUT2D eigenvalue weighted by Gasteiger charge is -2.10. The second-order valence-electron chi connectivity index (χ2n) is 4.09. The van der Waals surface area contributed by atoms with Crippen molar-refractivity contribution in [2.75, 3.05) is 0 Å². The lowest BCUT2D eigenvalue weighted by atomic mass is 10.0. The van der Waals surface area contributed by atoms with Gasteiger partial charge < -0.3 is 5.11 Å². The normalized spacial score (nSPS) is 12.7. The zero-order valence-electron chi connectivity index (χ0n) is 9.59. The van der Waals surface area contributed by atoms with E-state index in [0.717, 1.165) is 5.56 Å². The Balaban J connectivity index is 2.13. The molecule has 0 radical (unpaired) electrons. The predicted octanol–water partition coefficient (Wildman–Crippen LogP) is 2.00. The standard InChI is InChI=1S/C13H16N2O/c1-10-5-3-4-6-11(10)7-13(16)12-8-14-15(2)9-12/h3-6,8-9,13,16H,7H2,1-2H3. The lowest BCUT2D eigenvalue weighted by Crippen LogP contribution is -2.02. The first kappa shape index (κ1) is 10.9. The van der Waals surface area contributed by atoms with Crippen LogP contribution in [-0.4, -0.2) is 14.9 Å². The maximum absolute atomic E-state index is 10.1. The molecular weight excluding hydrogens is 200 g/mol. The summed E-state index contributed by atoms with van der Waals surface area (Å²) in [4.78, 5) is 0. The highest BCUT2D eigenvalue weighted by molar-refractivity contribution is 5.27. The first-order chi connectivity index (χ1) is 7.66. The van der Waals surface area contributed by atoms with Crippen LogP contribution in [0.25, 0.3) is 0 Å². The van der Waals surface area contributed by atoms with E-state index in [1.807, 2.05) is 25.4 Å². The van der Waals surface area contributed by atoms with Crippen LogP contribution in [0, 0.1) is 6.92 Å². The first-order valence-electron chi connectivity index (χ1n) is 5.38. The molecule has 1 N–H and O–H groups in total. The molecule has 3 heteroatoms. The minimum atomic E-state index is -0.477. The van der Waals surface area contributed by atoms with Crippen molar-refractivity contribution in [3.8, 4) is 0 Å². The number of aromatic nitrogens is 2. The molecule has 0 fully saturated rings. The second-order valence-corrected chi connectivity index (χ2v) is 4.09. The van der Waals surface area contributed by atoms with Crippen LogP contribution in [-0.2, 0) is 13.5 Å². The quantitative estimate of drug-likeness (QED) is 0.852. The molecule has 1 aromatic carbocycles. The summed E-state index contributed by atoms with van der Waals surface area (Å²) >= 11 is 0. The summed E-state index contributed by atoms with van der Waals surface area (Å²) in [6, 6.07) is 8.12. The molecule has 0 saturated heterocycles. The van der Waals surface area contributed by atoms with Crippen LogP contribution in [0.15, 0.2) is 36.7 Å². The van der Waals surface area contributed by atoms with Crippen LogP contribution in [0.2, 0.25) is 0 Å². The van der Waals surface area contributed by atoms with Gasteiger partial charge in [-0.1, -0.05) is 24.3 Å². The highest BCUT2D eigenvalue weighted by Gasteiger charge is 2.11. The van der Waals surface area contributed by atoms with Crippen LogP contribution < -0.4 is 0 Å². The van der Waals surface area contributed by atoms with Crippen molar-refractivity contribution in [1.82, 2.24) is 9.78 Å². The number of benzene rings is 1. The van der Waals surface area contributed by atoms with Crippen LogP contribution in [0.3, 0.4) is 0 Å². The van der Waals surface area contributed by atoms with Gasteiger partial charge in [0.05, 0.1) is 12.3 Å². The first-order valence-corrected chi connectivity index (χ1v) is 5.38. The van der Waals surface area contributed by atoms with Crippen molar-refractivity contribution >= 4 is 0 Å². The molecule has 2 aromatic rings. The Hall–Kier alpha value is -1.61. The fraction of sp³-hybridized carbons (Fsp3) is 0.308. The minimum Gasteiger partial charge on any atom is -0.388 e. The summed E-state index contributed by atoms with van der Waals surface area (Å²) in [5.74, 6) is 0. The van der Waals surface area contributed by atoms with Gasteiger partial charge in [0.25, 0.3) is 0 Å². The molecule has 1 unspecified atom stereocenters. The monoisotopic (exact) mass is 216 g/mol. The van der Waals surface area contributed by atoms with E-state index in [1.165, 1.54) is 11.1 Å². The molecule has 0 amide bonds. The van der Waals surface area contributed by atoms with E-state index in [0.29, 0.717) is 6.42 Å². The number of nitrogens with zero attached hydrogens (tertiary/aromatic N) is 2. The van der Waals surface area contributed by atoms with E-state index in [9.17, 15) is 5.11 Å². The van der Waals surface area contributed by atoms with E-state index < -0.39 is 6.10 Å². The van der Waals surface area contributed by atoms with Crippen LogP contribution in [0.1, 0.15) is 22.8 Å². The van der Waals surface area contributed by atoms with Gasteiger partial charge in [-0.15, -0.1) is 0 Å². The van der Waals surface area contributed by atoms with E-state index in [2.05, 4.69) is 24.2 Å². The molecular formula is C13H16N2O. The molecule has 0 aliphatic heterocycles. The van der Waals surface area contributed by atoms with Crippen molar-refractivity contribution in [1.29, 1.82) is 0 Å². The van der Waals surface area contributed by atoms with Crippen LogP contribution >= 0.6 is 0 Å². The molecule has 1 heterocycles. The molecule has 1 aromatic heterocycles. The number of aliphatic hydroxyl groups excluding tert-OH is 1. The molecule has 16 heavy (non-hydrogen) atoms. The smallest absolute Gasteiger partial charge is 0.0860 e. The Bertz CT molecular complexity index is 476. The second kappa shape index (κ2) is 4.49.